The second-order valence-electron chi connectivity index (χ2n) is 4.51. The molecule has 4 nitrogen and oxygen atoms in total. The Kier molecular flexibility index (Phi) is 3.67. The molecule has 2 rings (SSSR count). The molecule has 96 valence electrons. The molecular formula is C14H19N3O. The van der Waals surface area contributed by atoms with Gasteiger partial charge in [0.2, 0.25) is 5.91 Å². The number of para-hydroxylation sites is 1. The van der Waals surface area contributed by atoms with Crippen molar-refractivity contribution in [3.8, 4) is 0 Å². The lowest BCUT2D eigenvalue weighted by Gasteiger charge is -2.12. The summed E-state index contributed by atoms with van der Waals surface area (Å²) in [6.45, 7) is 4.91. The molecule has 1 aromatic carbocycles. The molecule has 4 N–H and O–H groups in total. The Morgan fingerprint density at radius 2 is 2.17 bits per heavy atom. The second kappa shape index (κ2) is 5.23. The Balaban J connectivity index is 2.35. The molecule has 0 spiro atoms. The van der Waals surface area contributed by atoms with E-state index in [-0.39, 0.29) is 11.8 Å². The lowest BCUT2D eigenvalue weighted by molar-refractivity contribution is -0.122. The molecule has 4 heteroatoms. The molecule has 1 atom stereocenters. The lowest BCUT2D eigenvalue weighted by Crippen LogP contribution is -2.32. The van der Waals surface area contributed by atoms with Gasteiger partial charge in [0.1, 0.15) is 0 Å². The summed E-state index contributed by atoms with van der Waals surface area (Å²) in [5, 5.41) is 3.95. The molecule has 1 unspecified atom stereocenters. The Bertz CT molecular complexity index is 559. The maximum atomic E-state index is 12.0. The molecule has 0 radical (unpaired) electrons. The minimum atomic E-state index is -0.173. The Morgan fingerprint density at radius 1 is 1.44 bits per heavy atom. The number of aryl methyl sites for hydroxylation is 1. The first-order chi connectivity index (χ1) is 8.65. The van der Waals surface area contributed by atoms with Gasteiger partial charge in [-0.2, -0.15) is 0 Å². The number of aromatic amines is 1. The summed E-state index contributed by atoms with van der Waals surface area (Å²) < 4.78 is 0. The fourth-order valence-electron chi connectivity index (χ4n) is 2.34. The van der Waals surface area contributed by atoms with E-state index in [2.05, 4.69) is 10.3 Å². The van der Waals surface area contributed by atoms with Gasteiger partial charge in [-0.25, -0.2) is 0 Å². The monoisotopic (exact) mass is 245 g/mol. The van der Waals surface area contributed by atoms with Gasteiger partial charge < -0.3 is 16.0 Å². The third-order valence-electron chi connectivity index (χ3n) is 3.21. The number of benzene rings is 1. The fraction of sp³-hybridized carbons (Fsp3) is 0.357. The first-order valence-electron chi connectivity index (χ1n) is 6.20. The van der Waals surface area contributed by atoms with Crippen LogP contribution in [0.1, 0.15) is 24.1 Å². The highest BCUT2D eigenvalue weighted by atomic mass is 16.1. The smallest absolute Gasteiger partial charge is 0.227 e. The molecule has 0 bridgehead atoms. The van der Waals surface area contributed by atoms with Crippen molar-refractivity contribution >= 4 is 16.8 Å². The third kappa shape index (κ3) is 2.24. The number of fused-ring (bicyclic) bond motifs is 1. The van der Waals surface area contributed by atoms with Crippen LogP contribution in [0.3, 0.4) is 0 Å². The molecule has 0 aliphatic rings. The van der Waals surface area contributed by atoms with Gasteiger partial charge in [0.25, 0.3) is 0 Å². The predicted molar refractivity (Wildman–Crippen MR) is 73.5 cm³/mol. The summed E-state index contributed by atoms with van der Waals surface area (Å²) in [4.78, 5) is 15.3. The molecule has 1 aromatic heterocycles. The van der Waals surface area contributed by atoms with Gasteiger partial charge in [-0.1, -0.05) is 18.2 Å². The van der Waals surface area contributed by atoms with Crippen LogP contribution in [0.25, 0.3) is 10.9 Å². The quantitative estimate of drug-likeness (QED) is 0.766. The highest BCUT2D eigenvalue weighted by Gasteiger charge is 2.20. The van der Waals surface area contributed by atoms with Crippen molar-refractivity contribution in [3.05, 3.63) is 35.5 Å². The summed E-state index contributed by atoms with van der Waals surface area (Å²) in [7, 11) is 0. The lowest BCUT2D eigenvalue weighted by atomic mass is 9.97. The molecule has 18 heavy (non-hydrogen) atoms. The van der Waals surface area contributed by atoms with E-state index < -0.39 is 0 Å². The molecule has 0 saturated heterocycles. The zero-order chi connectivity index (χ0) is 13.1. The number of hydrogen-bond donors (Lipinski definition) is 3. The standard InChI is InChI=1S/C14H19N3O/c1-9(14(18)16-8-7-15)13-10(2)17-12-6-4-3-5-11(12)13/h3-6,9,17H,7-8,15H2,1-2H3,(H,16,18). The first-order valence-corrected chi connectivity index (χ1v) is 6.20. The van der Waals surface area contributed by atoms with Gasteiger partial charge in [-0.15, -0.1) is 0 Å². The van der Waals surface area contributed by atoms with Gasteiger partial charge in [0.05, 0.1) is 5.92 Å². The summed E-state index contributed by atoms with van der Waals surface area (Å²) in [6, 6.07) is 8.04. The maximum Gasteiger partial charge on any atom is 0.227 e. The Hall–Kier alpha value is -1.81. The van der Waals surface area contributed by atoms with Gasteiger partial charge in [-0.05, 0) is 25.5 Å². The highest BCUT2D eigenvalue weighted by molar-refractivity contribution is 5.92. The van der Waals surface area contributed by atoms with Crippen molar-refractivity contribution in [3.63, 3.8) is 0 Å². The summed E-state index contributed by atoms with van der Waals surface area (Å²) in [5.41, 5.74) is 8.59. The van der Waals surface area contributed by atoms with Gasteiger partial charge in [-0.3, -0.25) is 4.79 Å². The van der Waals surface area contributed by atoms with Crippen molar-refractivity contribution in [2.24, 2.45) is 5.73 Å². The number of carbonyl (C=O) groups is 1. The Morgan fingerprint density at radius 3 is 2.89 bits per heavy atom. The van der Waals surface area contributed by atoms with Crippen LogP contribution in [0.2, 0.25) is 0 Å². The molecule has 0 aliphatic carbocycles. The van der Waals surface area contributed by atoms with Crippen LogP contribution in [-0.4, -0.2) is 24.0 Å². The number of carbonyl (C=O) groups excluding carboxylic acids is 1. The first kappa shape index (κ1) is 12.6. The highest BCUT2D eigenvalue weighted by Crippen LogP contribution is 2.28. The van der Waals surface area contributed by atoms with Crippen LogP contribution in [0.15, 0.2) is 24.3 Å². The van der Waals surface area contributed by atoms with Gasteiger partial charge >= 0.3 is 0 Å². The van der Waals surface area contributed by atoms with Crippen LogP contribution in [0.4, 0.5) is 0 Å². The van der Waals surface area contributed by atoms with Crippen molar-refractivity contribution in [1.29, 1.82) is 0 Å². The number of aromatic nitrogens is 1. The number of hydrogen-bond acceptors (Lipinski definition) is 2. The topological polar surface area (TPSA) is 70.9 Å². The van der Waals surface area contributed by atoms with Crippen molar-refractivity contribution in [2.45, 2.75) is 19.8 Å². The molecule has 1 amide bonds. The predicted octanol–water partition coefficient (Wildman–Crippen LogP) is 1.65. The van der Waals surface area contributed by atoms with E-state index in [0.29, 0.717) is 13.1 Å². The second-order valence-corrected chi connectivity index (χ2v) is 4.51. The minimum Gasteiger partial charge on any atom is -0.358 e. The summed E-state index contributed by atoms with van der Waals surface area (Å²) in [5.74, 6) is -0.152. The molecular weight excluding hydrogens is 226 g/mol. The fourth-order valence-corrected chi connectivity index (χ4v) is 2.34. The third-order valence-corrected chi connectivity index (χ3v) is 3.21. The van der Waals surface area contributed by atoms with E-state index in [0.717, 1.165) is 22.2 Å². The zero-order valence-electron chi connectivity index (χ0n) is 10.8. The van der Waals surface area contributed by atoms with Crippen LogP contribution in [0, 0.1) is 6.92 Å². The molecule has 0 fully saturated rings. The van der Waals surface area contributed by atoms with Crippen LogP contribution in [-0.2, 0) is 4.79 Å². The number of amides is 1. The largest absolute Gasteiger partial charge is 0.358 e. The molecule has 0 aliphatic heterocycles. The summed E-state index contributed by atoms with van der Waals surface area (Å²) >= 11 is 0. The molecule has 2 aromatic rings. The van der Waals surface area contributed by atoms with E-state index in [4.69, 9.17) is 5.73 Å². The Labute approximate surface area is 107 Å². The molecule has 0 saturated carbocycles. The van der Waals surface area contributed by atoms with E-state index in [1.54, 1.807) is 0 Å². The summed E-state index contributed by atoms with van der Waals surface area (Å²) in [6.07, 6.45) is 0. The van der Waals surface area contributed by atoms with Crippen molar-refractivity contribution in [2.75, 3.05) is 13.1 Å². The van der Waals surface area contributed by atoms with Crippen LogP contribution in [0.5, 0.6) is 0 Å². The number of H-pyrrole nitrogens is 1. The zero-order valence-corrected chi connectivity index (χ0v) is 10.8. The van der Waals surface area contributed by atoms with E-state index in [1.807, 2.05) is 38.1 Å². The van der Waals surface area contributed by atoms with Gasteiger partial charge in [0.15, 0.2) is 0 Å². The minimum absolute atomic E-state index is 0.0216. The number of nitrogens with two attached hydrogens (primary N) is 1. The van der Waals surface area contributed by atoms with E-state index in [9.17, 15) is 4.79 Å². The number of nitrogens with one attached hydrogen (secondary N) is 2. The van der Waals surface area contributed by atoms with E-state index >= 15 is 0 Å². The average Bonchev–Trinajstić information content (AvgIpc) is 2.70. The van der Waals surface area contributed by atoms with Crippen LogP contribution < -0.4 is 11.1 Å². The maximum absolute atomic E-state index is 12.0. The SMILES string of the molecule is Cc1[nH]c2ccccc2c1C(C)C(=O)NCCN. The van der Waals surface area contributed by atoms with E-state index in [1.165, 1.54) is 0 Å². The van der Waals surface area contributed by atoms with Crippen LogP contribution >= 0.6 is 0 Å². The van der Waals surface area contributed by atoms with Crippen molar-refractivity contribution < 1.29 is 4.79 Å². The normalized spacial score (nSPS) is 12.6. The molecule has 1 heterocycles. The van der Waals surface area contributed by atoms with Crippen molar-refractivity contribution in [1.82, 2.24) is 10.3 Å². The average molecular weight is 245 g/mol. The van der Waals surface area contributed by atoms with Gasteiger partial charge in [0, 0.05) is 29.7 Å². The number of rotatable bonds is 4.